The van der Waals surface area contributed by atoms with Gasteiger partial charge in [-0.3, -0.25) is 14.9 Å². The number of aromatic nitrogens is 5. The number of nitro benzene ring substituents is 1. The summed E-state index contributed by atoms with van der Waals surface area (Å²) < 4.78 is 6.90. The van der Waals surface area contributed by atoms with Gasteiger partial charge >= 0.3 is 0 Å². The lowest BCUT2D eigenvalue weighted by molar-refractivity contribution is -0.385. The maximum atomic E-state index is 13.0. The van der Waals surface area contributed by atoms with Crippen molar-refractivity contribution in [1.29, 1.82) is 0 Å². The molecule has 3 heterocycles. The lowest BCUT2D eigenvalue weighted by Crippen LogP contribution is -2.49. The zero-order chi connectivity index (χ0) is 24.5. The second-order valence-corrected chi connectivity index (χ2v) is 8.21. The number of hydrogen-bond donors (Lipinski definition) is 0. The van der Waals surface area contributed by atoms with Gasteiger partial charge in [0.25, 0.3) is 11.6 Å². The molecule has 0 aliphatic carbocycles. The van der Waals surface area contributed by atoms with Crippen LogP contribution in [0.5, 0.6) is 5.75 Å². The largest absolute Gasteiger partial charge is 0.497 e. The number of hydrogen-bond acceptors (Lipinski definition) is 9. The molecule has 0 bridgehead atoms. The summed E-state index contributed by atoms with van der Waals surface area (Å²) >= 11 is 5.99. The van der Waals surface area contributed by atoms with Gasteiger partial charge < -0.3 is 14.5 Å². The molecular weight excluding hydrogens is 476 g/mol. The van der Waals surface area contributed by atoms with Gasteiger partial charge in [-0.1, -0.05) is 22.9 Å². The van der Waals surface area contributed by atoms with Gasteiger partial charge in [0.2, 0.25) is 0 Å². The minimum Gasteiger partial charge on any atom is -0.497 e. The van der Waals surface area contributed by atoms with Gasteiger partial charge in [0.1, 0.15) is 17.6 Å². The van der Waals surface area contributed by atoms with E-state index < -0.39 is 10.8 Å². The molecule has 1 saturated heterocycles. The van der Waals surface area contributed by atoms with Crippen molar-refractivity contribution >= 4 is 40.2 Å². The number of rotatable bonds is 5. The predicted octanol–water partition coefficient (Wildman–Crippen LogP) is 2.74. The normalized spacial score (nSPS) is 13.8. The Labute approximate surface area is 203 Å². The fourth-order valence-electron chi connectivity index (χ4n) is 4.01. The zero-order valence-electron chi connectivity index (χ0n) is 18.5. The number of nitro groups is 1. The third-order valence-electron chi connectivity index (χ3n) is 5.77. The van der Waals surface area contributed by atoms with Crippen molar-refractivity contribution in [2.75, 3.05) is 38.2 Å². The molecule has 1 amide bonds. The van der Waals surface area contributed by atoms with Gasteiger partial charge in [0, 0.05) is 43.3 Å². The molecule has 1 aliphatic rings. The lowest BCUT2D eigenvalue weighted by atomic mass is 10.1. The van der Waals surface area contributed by atoms with Crippen molar-refractivity contribution < 1.29 is 14.5 Å². The molecule has 13 heteroatoms. The summed E-state index contributed by atoms with van der Waals surface area (Å²) in [5, 5.41) is 20.2. The smallest absolute Gasteiger partial charge is 0.282 e. The average molecular weight is 495 g/mol. The fourth-order valence-corrected chi connectivity index (χ4v) is 4.19. The van der Waals surface area contributed by atoms with E-state index in [0.717, 1.165) is 5.69 Å². The highest BCUT2D eigenvalue weighted by atomic mass is 35.5. The number of amides is 1. The molecule has 0 N–H and O–H groups in total. The molecular formula is C22H19ClN8O4. The Bertz CT molecular complexity index is 1430. The maximum Gasteiger partial charge on any atom is 0.282 e. The number of fused-ring (bicyclic) bond motifs is 1. The van der Waals surface area contributed by atoms with Crippen LogP contribution < -0.4 is 9.64 Å². The van der Waals surface area contributed by atoms with Crippen molar-refractivity contribution in [1.82, 2.24) is 29.9 Å². The Morgan fingerprint density at radius 2 is 1.91 bits per heavy atom. The van der Waals surface area contributed by atoms with Gasteiger partial charge in [-0.2, -0.15) is 4.68 Å². The summed E-state index contributed by atoms with van der Waals surface area (Å²) in [5.41, 5.74) is 1.52. The molecule has 2 aromatic heterocycles. The first kappa shape index (κ1) is 22.5. The first-order valence-electron chi connectivity index (χ1n) is 10.7. The summed E-state index contributed by atoms with van der Waals surface area (Å²) in [6.07, 6.45) is 1.45. The molecule has 5 rings (SSSR count). The second kappa shape index (κ2) is 9.14. The van der Waals surface area contributed by atoms with Gasteiger partial charge in [0.05, 0.1) is 17.7 Å². The predicted molar refractivity (Wildman–Crippen MR) is 127 cm³/mol. The number of ether oxygens (including phenoxy) is 1. The molecule has 4 aromatic rings. The number of anilines is 1. The molecule has 1 fully saturated rings. The number of carbonyl (C=O) groups is 1. The van der Waals surface area contributed by atoms with Crippen molar-refractivity contribution in [3.05, 3.63) is 69.5 Å². The second-order valence-electron chi connectivity index (χ2n) is 7.77. The van der Waals surface area contributed by atoms with Crippen LogP contribution >= 0.6 is 11.6 Å². The summed E-state index contributed by atoms with van der Waals surface area (Å²) in [7, 11) is 1.59. The number of piperazine rings is 1. The number of carbonyl (C=O) groups excluding carboxylic acids is 1. The van der Waals surface area contributed by atoms with Crippen LogP contribution in [0, 0.1) is 10.1 Å². The summed E-state index contributed by atoms with van der Waals surface area (Å²) in [4.78, 5) is 36.2. The molecule has 0 spiro atoms. The lowest BCUT2D eigenvalue weighted by Gasteiger charge is -2.35. The average Bonchev–Trinajstić information content (AvgIpc) is 3.32. The molecule has 0 atom stereocenters. The fraction of sp³-hybridized carbons (Fsp3) is 0.227. The van der Waals surface area contributed by atoms with E-state index in [1.165, 1.54) is 24.5 Å². The Hall–Kier alpha value is -4.32. The van der Waals surface area contributed by atoms with Gasteiger partial charge in [-0.15, -0.1) is 5.10 Å². The van der Waals surface area contributed by atoms with E-state index in [1.54, 1.807) is 16.7 Å². The highest BCUT2D eigenvalue weighted by Crippen LogP contribution is 2.27. The highest BCUT2D eigenvalue weighted by Gasteiger charge is 2.29. The monoisotopic (exact) mass is 494 g/mol. The standard InChI is InChI=1S/C22H19ClN8O4/c1-35-16-4-2-3-15(12-16)30-21-19(26-27-30)20(24-13-25-21)28-7-9-29(10-8-28)22(32)17-11-14(23)5-6-18(17)31(33)34/h2-6,11-13H,7-10H2,1H3. The van der Waals surface area contributed by atoms with Gasteiger partial charge in [0.15, 0.2) is 17.0 Å². The molecule has 0 radical (unpaired) electrons. The van der Waals surface area contributed by atoms with Crippen LogP contribution in [-0.4, -0.2) is 74.0 Å². The van der Waals surface area contributed by atoms with Crippen molar-refractivity contribution in [3.63, 3.8) is 0 Å². The van der Waals surface area contributed by atoms with Crippen molar-refractivity contribution in [2.45, 2.75) is 0 Å². The number of nitrogens with zero attached hydrogens (tertiary/aromatic N) is 8. The molecule has 0 saturated carbocycles. The van der Waals surface area contributed by atoms with E-state index in [-0.39, 0.29) is 16.3 Å². The SMILES string of the molecule is COc1cccc(-n2nnc3c(N4CCN(C(=O)c5cc(Cl)ccc5[N+](=O)[O-])CC4)ncnc32)c1. The minimum atomic E-state index is -0.580. The van der Waals surface area contributed by atoms with Crippen molar-refractivity contribution in [2.24, 2.45) is 0 Å². The van der Waals surface area contributed by atoms with Crippen LogP contribution in [0.1, 0.15) is 10.4 Å². The third-order valence-corrected chi connectivity index (χ3v) is 6.00. The summed E-state index contributed by atoms with van der Waals surface area (Å²) in [6, 6.07) is 11.4. The van der Waals surface area contributed by atoms with Crippen LogP contribution in [0.25, 0.3) is 16.9 Å². The van der Waals surface area contributed by atoms with E-state index in [4.69, 9.17) is 16.3 Å². The summed E-state index contributed by atoms with van der Waals surface area (Å²) in [6.45, 7) is 1.60. The first-order valence-corrected chi connectivity index (χ1v) is 11.0. The van der Waals surface area contributed by atoms with Crippen LogP contribution in [0.3, 0.4) is 0 Å². The zero-order valence-corrected chi connectivity index (χ0v) is 19.3. The molecule has 1 aliphatic heterocycles. The Morgan fingerprint density at radius 1 is 1.11 bits per heavy atom. The molecule has 178 valence electrons. The topological polar surface area (TPSA) is 132 Å². The Balaban J connectivity index is 1.37. The molecule has 0 unspecified atom stereocenters. The number of methoxy groups -OCH3 is 1. The van der Waals surface area contributed by atoms with Crippen LogP contribution in [-0.2, 0) is 0 Å². The Morgan fingerprint density at radius 3 is 2.66 bits per heavy atom. The van der Waals surface area contributed by atoms with E-state index in [2.05, 4.69) is 20.3 Å². The van der Waals surface area contributed by atoms with E-state index in [9.17, 15) is 14.9 Å². The molecule has 2 aromatic carbocycles. The molecule has 12 nitrogen and oxygen atoms in total. The maximum absolute atomic E-state index is 13.0. The van der Waals surface area contributed by atoms with Crippen molar-refractivity contribution in [3.8, 4) is 11.4 Å². The molecule has 35 heavy (non-hydrogen) atoms. The minimum absolute atomic E-state index is 0.0263. The number of halogens is 1. The van der Waals surface area contributed by atoms with E-state index in [1.807, 2.05) is 29.2 Å². The van der Waals surface area contributed by atoms with E-state index >= 15 is 0 Å². The quantitative estimate of drug-likeness (QED) is 0.303. The van der Waals surface area contributed by atoms with E-state index in [0.29, 0.717) is 48.9 Å². The van der Waals surface area contributed by atoms with Gasteiger partial charge in [-0.25, -0.2) is 9.97 Å². The van der Waals surface area contributed by atoms with Crippen LogP contribution in [0.2, 0.25) is 5.02 Å². The van der Waals surface area contributed by atoms with Crippen LogP contribution in [0.4, 0.5) is 11.5 Å². The first-order chi connectivity index (χ1) is 17.0. The third kappa shape index (κ3) is 4.19. The van der Waals surface area contributed by atoms with Crippen LogP contribution in [0.15, 0.2) is 48.8 Å². The summed E-state index contributed by atoms with van der Waals surface area (Å²) in [5.74, 6) is 0.849. The Kier molecular flexibility index (Phi) is 5.87. The number of benzene rings is 2. The highest BCUT2D eigenvalue weighted by molar-refractivity contribution is 6.31. The van der Waals surface area contributed by atoms with Gasteiger partial charge in [-0.05, 0) is 24.3 Å².